The maximum Gasteiger partial charge on any atom is 0.407 e. The van der Waals surface area contributed by atoms with E-state index < -0.39 is 6.09 Å². The summed E-state index contributed by atoms with van der Waals surface area (Å²) in [4.78, 5) is 13.0. The van der Waals surface area contributed by atoms with Gasteiger partial charge in [0.15, 0.2) is 0 Å². The molecule has 0 aliphatic rings. The largest absolute Gasteiger partial charge is 0.465 e. The number of hydrogen-bond donors (Lipinski definition) is 1. The fourth-order valence-electron chi connectivity index (χ4n) is 1.14. The van der Waals surface area contributed by atoms with Crippen molar-refractivity contribution in [1.82, 2.24) is 4.90 Å². The number of carboxylic acid groups (broad SMARTS) is 1. The van der Waals surface area contributed by atoms with E-state index in [2.05, 4.69) is 28.1 Å². The highest BCUT2D eigenvalue weighted by Gasteiger charge is 2.03. The van der Waals surface area contributed by atoms with Gasteiger partial charge in [-0.15, -0.1) is 11.8 Å². The fourth-order valence-corrected chi connectivity index (χ4v) is 2.59. The van der Waals surface area contributed by atoms with E-state index >= 15 is 0 Å². The topological polar surface area (TPSA) is 40.5 Å². The summed E-state index contributed by atoms with van der Waals surface area (Å²) in [7, 11) is 1.59. The summed E-state index contributed by atoms with van der Waals surface area (Å²) in [6, 6.07) is 8.10. The lowest BCUT2D eigenvalue weighted by molar-refractivity contribution is 0.156. The molecule has 0 radical (unpaired) electrons. The first-order chi connectivity index (χ1) is 7.59. The zero-order chi connectivity index (χ0) is 12.0. The summed E-state index contributed by atoms with van der Waals surface area (Å²) in [6.07, 6.45) is -0.00701. The molecule has 0 saturated heterocycles. The van der Waals surface area contributed by atoms with Gasteiger partial charge < -0.3 is 10.0 Å². The summed E-state index contributed by atoms with van der Waals surface area (Å²) in [6.45, 7) is 0.580. The molecule has 0 saturated carbocycles. The van der Waals surface area contributed by atoms with Crippen molar-refractivity contribution in [2.24, 2.45) is 0 Å². The smallest absolute Gasteiger partial charge is 0.407 e. The molecule has 1 N–H and O–H groups in total. The van der Waals surface area contributed by atoms with Crippen molar-refractivity contribution >= 4 is 33.8 Å². The molecule has 0 aliphatic heterocycles. The first-order valence-electron chi connectivity index (χ1n) is 4.92. The normalized spacial score (nSPS) is 10.1. The maximum absolute atomic E-state index is 10.5. The summed E-state index contributed by atoms with van der Waals surface area (Å²) >= 11 is 5.15. The quantitative estimate of drug-likeness (QED) is 0.668. The number of halogens is 1. The average molecular weight is 304 g/mol. The van der Waals surface area contributed by atoms with E-state index in [1.165, 1.54) is 9.80 Å². The third-order valence-corrected chi connectivity index (χ3v) is 3.60. The number of hydrogen-bond acceptors (Lipinski definition) is 2. The molecule has 0 aromatic heterocycles. The van der Waals surface area contributed by atoms with Crippen LogP contribution in [-0.2, 0) is 0 Å². The Balaban J connectivity index is 2.23. The summed E-state index contributed by atoms with van der Waals surface area (Å²) in [5.74, 6) is 0.925. The predicted octanol–water partition coefficient (Wildman–Crippen LogP) is 3.54. The van der Waals surface area contributed by atoms with Crippen LogP contribution in [-0.4, -0.2) is 35.4 Å². The molecular formula is C11H14BrNO2S. The van der Waals surface area contributed by atoms with Gasteiger partial charge in [0, 0.05) is 23.0 Å². The van der Waals surface area contributed by atoms with E-state index in [1.54, 1.807) is 18.8 Å². The number of carbonyl (C=O) groups is 1. The third kappa shape index (κ3) is 4.90. The molecule has 0 spiro atoms. The summed E-state index contributed by atoms with van der Waals surface area (Å²) in [5, 5.41) is 8.65. The van der Waals surface area contributed by atoms with Gasteiger partial charge in [0.05, 0.1) is 0 Å². The number of amides is 1. The maximum atomic E-state index is 10.5. The average Bonchev–Trinajstić information content (AvgIpc) is 2.24. The molecule has 3 nitrogen and oxygen atoms in total. The number of benzene rings is 1. The monoisotopic (exact) mass is 303 g/mol. The van der Waals surface area contributed by atoms with Crippen molar-refractivity contribution < 1.29 is 9.90 Å². The highest BCUT2D eigenvalue weighted by atomic mass is 79.9. The van der Waals surface area contributed by atoms with E-state index in [0.29, 0.717) is 6.54 Å². The molecule has 1 amide bonds. The molecule has 0 unspecified atom stereocenters. The Bertz CT molecular complexity index is 360. The first kappa shape index (κ1) is 13.4. The molecule has 1 aromatic carbocycles. The van der Waals surface area contributed by atoms with E-state index in [-0.39, 0.29) is 0 Å². The molecule has 88 valence electrons. The van der Waals surface area contributed by atoms with Crippen LogP contribution in [0.25, 0.3) is 0 Å². The van der Waals surface area contributed by atoms with Gasteiger partial charge in [-0.3, -0.25) is 0 Å². The van der Waals surface area contributed by atoms with Crippen molar-refractivity contribution in [3.05, 3.63) is 28.7 Å². The van der Waals surface area contributed by atoms with Gasteiger partial charge in [-0.25, -0.2) is 4.79 Å². The zero-order valence-electron chi connectivity index (χ0n) is 9.02. The Hall–Kier alpha value is -0.680. The van der Waals surface area contributed by atoms with Crippen LogP contribution in [0.4, 0.5) is 4.79 Å². The van der Waals surface area contributed by atoms with Crippen LogP contribution in [0, 0.1) is 0 Å². The van der Waals surface area contributed by atoms with Gasteiger partial charge in [0.2, 0.25) is 0 Å². The molecule has 5 heteroatoms. The van der Waals surface area contributed by atoms with Crippen molar-refractivity contribution in [2.45, 2.75) is 11.3 Å². The Morgan fingerprint density at radius 2 is 2.31 bits per heavy atom. The second-order valence-electron chi connectivity index (χ2n) is 3.36. The van der Waals surface area contributed by atoms with Crippen molar-refractivity contribution in [3.63, 3.8) is 0 Å². The lowest BCUT2D eigenvalue weighted by Gasteiger charge is -2.11. The van der Waals surface area contributed by atoms with E-state index in [0.717, 1.165) is 16.6 Å². The second-order valence-corrected chi connectivity index (χ2v) is 5.45. The SMILES string of the molecule is CN(CCCSc1cccc(Br)c1)C(=O)O. The van der Waals surface area contributed by atoms with Gasteiger partial charge in [-0.1, -0.05) is 22.0 Å². The van der Waals surface area contributed by atoms with E-state index in [9.17, 15) is 4.79 Å². The van der Waals surface area contributed by atoms with Crippen LogP contribution in [0.5, 0.6) is 0 Å². The zero-order valence-corrected chi connectivity index (χ0v) is 11.4. The molecule has 0 heterocycles. The molecule has 0 fully saturated rings. The lowest BCUT2D eigenvalue weighted by atomic mass is 10.4. The van der Waals surface area contributed by atoms with Crippen LogP contribution < -0.4 is 0 Å². The Morgan fingerprint density at radius 3 is 2.94 bits per heavy atom. The molecule has 1 rings (SSSR count). The highest BCUT2D eigenvalue weighted by molar-refractivity contribution is 9.10. The van der Waals surface area contributed by atoms with Crippen LogP contribution >= 0.6 is 27.7 Å². The minimum atomic E-state index is -0.868. The summed E-state index contributed by atoms with van der Waals surface area (Å²) in [5.41, 5.74) is 0. The standard InChI is InChI=1S/C11H14BrNO2S/c1-13(11(14)15)6-3-7-16-10-5-2-4-9(12)8-10/h2,4-5,8H,3,6-7H2,1H3,(H,14,15). The molecule has 0 atom stereocenters. The minimum absolute atomic E-state index is 0.580. The van der Waals surface area contributed by atoms with Crippen molar-refractivity contribution in [3.8, 4) is 0 Å². The van der Waals surface area contributed by atoms with Gasteiger partial charge in [0.1, 0.15) is 0 Å². The lowest BCUT2D eigenvalue weighted by Crippen LogP contribution is -2.25. The van der Waals surface area contributed by atoms with Gasteiger partial charge >= 0.3 is 6.09 Å². The van der Waals surface area contributed by atoms with Crippen LogP contribution in [0.1, 0.15) is 6.42 Å². The number of thioether (sulfide) groups is 1. The Labute approximate surface area is 108 Å². The van der Waals surface area contributed by atoms with Crippen LogP contribution in [0.3, 0.4) is 0 Å². The molecule has 0 aliphatic carbocycles. The second kappa shape index (κ2) is 6.81. The Kier molecular flexibility index (Phi) is 5.69. The van der Waals surface area contributed by atoms with Gasteiger partial charge in [-0.2, -0.15) is 0 Å². The highest BCUT2D eigenvalue weighted by Crippen LogP contribution is 2.22. The van der Waals surface area contributed by atoms with Gasteiger partial charge in [-0.05, 0) is 30.4 Å². The van der Waals surface area contributed by atoms with Crippen molar-refractivity contribution in [2.75, 3.05) is 19.3 Å². The van der Waals surface area contributed by atoms with Gasteiger partial charge in [0.25, 0.3) is 0 Å². The molecule has 0 bridgehead atoms. The predicted molar refractivity (Wildman–Crippen MR) is 70.1 cm³/mol. The number of nitrogens with zero attached hydrogens (tertiary/aromatic N) is 1. The van der Waals surface area contributed by atoms with E-state index in [4.69, 9.17) is 5.11 Å². The van der Waals surface area contributed by atoms with E-state index in [1.807, 2.05) is 12.1 Å². The first-order valence-corrected chi connectivity index (χ1v) is 6.70. The van der Waals surface area contributed by atoms with Crippen molar-refractivity contribution in [1.29, 1.82) is 0 Å². The number of rotatable bonds is 5. The van der Waals surface area contributed by atoms with Crippen LogP contribution in [0.2, 0.25) is 0 Å². The molecule has 1 aromatic rings. The fraction of sp³-hybridized carbons (Fsp3) is 0.364. The summed E-state index contributed by atoms with van der Waals surface area (Å²) < 4.78 is 1.07. The molecular weight excluding hydrogens is 290 g/mol. The van der Waals surface area contributed by atoms with Crippen LogP contribution in [0.15, 0.2) is 33.6 Å². The molecule has 16 heavy (non-hydrogen) atoms. The minimum Gasteiger partial charge on any atom is -0.465 e. The third-order valence-electron chi connectivity index (χ3n) is 2.03. The Morgan fingerprint density at radius 1 is 1.56 bits per heavy atom.